The Labute approximate surface area is 86.2 Å². The highest BCUT2D eigenvalue weighted by Crippen LogP contribution is 2.25. The quantitative estimate of drug-likeness (QED) is 0.679. The lowest BCUT2D eigenvalue weighted by atomic mass is 10.8. The number of hydrogen-bond donors (Lipinski definition) is 0. The van der Waals surface area contributed by atoms with Crippen LogP contribution in [0.2, 0.25) is 18.1 Å². The van der Waals surface area contributed by atoms with Crippen LogP contribution in [0.25, 0.3) is 0 Å². The fraction of sp³-hybridized carbons (Fsp3) is 0.700. The molecule has 0 bridgehead atoms. The first-order chi connectivity index (χ1) is 6.26. The molecule has 1 aromatic rings. The summed E-state index contributed by atoms with van der Waals surface area (Å²) in [5.41, 5.74) is 0. The summed E-state index contributed by atoms with van der Waals surface area (Å²) in [5.74, 6) is 0. The molecule has 0 atom stereocenters. The molecule has 0 aliphatic carbocycles. The maximum atomic E-state index is 4.40. The first-order valence-electron chi connectivity index (χ1n) is 5.14. The van der Waals surface area contributed by atoms with E-state index < -0.39 is 8.07 Å². The molecule has 3 heteroatoms. The maximum absolute atomic E-state index is 4.40. The molecule has 0 spiro atoms. The Morgan fingerprint density at radius 3 is 2.23 bits per heavy atom. The minimum Gasteiger partial charge on any atom is -0.250 e. The molecule has 0 saturated heterocycles. The van der Waals surface area contributed by atoms with Gasteiger partial charge in [0.05, 0.1) is 13.1 Å². The first kappa shape index (κ1) is 10.9. The molecule has 0 radical (unpaired) electrons. The van der Waals surface area contributed by atoms with Gasteiger partial charge in [-0.1, -0.05) is 38.9 Å². The van der Waals surface area contributed by atoms with E-state index in [0.717, 1.165) is 0 Å². The van der Waals surface area contributed by atoms with Crippen LogP contribution >= 0.6 is 11.3 Å². The highest BCUT2D eigenvalue weighted by molar-refractivity contribution is 7.10. The molecule has 74 valence electrons. The molecule has 0 fully saturated rings. The molecule has 1 rings (SSSR count). The van der Waals surface area contributed by atoms with Gasteiger partial charge in [0.25, 0.3) is 0 Å². The second-order valence-electron chi connectivity index (χ2n) is 3.66. The van der Waals surface area contributed by atoms with Crippen molar-refractivity contribution in [1.29, 1.82) is 0 Å². The molecule has 0 aliphatic rings. The van der Waals surface area contributed by atoms with Crippen molar-refractivity contribution in [2.45, 2.75) is 44.9 Å². The Hall–Kier alpha value is -0.153. The number of nitrogens with zero attached hydrogens (tertiary/aromatic N) is 1. The van der Waals surface area contributed by atoms with Gasteiger partial charge in [0, 0.05) is 11.6 Å². The summed E-state index contributed by atoms with van der Waals surface area (Å²) in [6, 6.07) is 5.51. The molecule has 0 N–H and O–H groups in total. The third-order valence-electron chi connectivity index (χ3n) is 3.26. The molecule has 0 amide bonds. The van der Waals surface area contributed by atoms with Gasteiger partial charge < -0.3 is 0 Å². The number of aromatic nitrogens is 1. The van der Waals surface area contributed by atoms with E-state index in [1.54, 1.807) is 0 Å². The lowest BCUT2D eigenvalue weighted by Crippen LogP contribution is -2.34. The van der Waals surface area contributed by atoms with Crippen molar-refractivity contribution >= 4 is 19.4 Å². The Morgan fingerprint density at radius 1 is 1.23 bits per heavy atom. The zero-order valence-electron chi connectivity index (χ0n) is 8.84. The van der Waals surface area contributed by atoms with Gasteiger partial charge in [-0.05, 0) is 6.04 Å². The van der Waals surface area contributed by atoms with E-state index in [1.807, 2.05) is 17.5 Å². The van der Waals surface area contributed by atoms with Gasteiger partial charge in [0.1, 0.15) is 0 Å². The van der Waals surface area contributed by atoms with Crippen LogP contribution in [-0.2, 0) is 6.04 Å². The van der Waals surface area contributed by atoms with E-state index in [9.17, 15) is 0 Å². The summed E-state index contributed by atoms with van der Waals surface area (Å²) in [6.45, 7) is 7.06. The van der Waals surface area contributed by atoms with Crippen LogP contribution in [0.15, 0.2) is 11.6 Å². The smallest absolute Gasteiger partial charge is 0.0898 e. The monoisotopic (exact) mass is 213 g/mol. The Kier molecular flexibility index (Phi) is 4.13. The fourth-order valence-electron chi connectivity index (χ4n) is 1.79. The van der Waals surface area contributed by atoms with Gasteiger partial charge >= 0.3 is 0 Å². The Bertz CT molecular complexity index is 221. The van der Waals surface area contributed by atoms with Gasteiger partial charge in [-0.15, -0.1) is 11.3 Å². The van der Waals surface area contributed by atoms with Crippen molar-refractivity contribution in [3.05, 3.63) is 16.6 Å². The van der Waals surface area contributed by atoms with Gasteiger partial charge in [-0.2, -0.15) is 0 Å². The van der Waals surface area contributed by atoms with E-state index in [1.165, 1.54) is 29.2 Å². The zero-order chi connectivity index (χ0) is 9.73. The lowest BCUT2D eigenvalue weighted by Gasteiger charge is -2.26. The molecular formula is C10H19NSSi. The summed E-state index contributed by atoms with van der Waals surface area (Å²) in [6.07, 6.45) is 1.93. The average Bonchev–Trinajstić information content (AvgIpc) is 2.67. The van der Waals surface area contributed by atoms with Crippen molar-refractivity contribution in [2.75, 3.05) is 0 Å². The molecule has 0 aromatic carbocycles. The predicted molar refractivity (Wildman–Crippen MR) is 63.0 cm³/mol. The molecule has 13 heavy (non-hydrogen) atoms. The molecular weight excluding hydrogens is 194 g/mol. The minimum absolute atomic E-state index is 0.974. The van der Waals surface area contributed by atoms with Crippen LogP contribution in [0.5, 0.6) is 0 Å². The van der Waals surface area contributed by atoms with Crippen molar-refractivity contribution in [2.24, 2.45) is 0 Å². The minimum atomic E-state index is -0.974. The average molecular weight is 213 g/mol. The van der Waals surface area contributed by atoms with Gasteiger partial charge in [-0.25, -0.2) is 0 Å². The van der Waals surface area contributed by atoms with Gasteiger partial charge in [0.2, 0.25) is 0 Å². The van der Waals surface area contributed by atoms with Crippen LogP contribution in [-0.4, -0.2) is 13.1 Å². The standard InChI is InChI=1S/C10H19NSSi/c1-4-13(5-2,6-3)9-10-11-7-8-12-10/h7-8H,4-6,9H2,1-3H3. The van der Waals surface area contributed by atoms with E-state index in [0.29, 0.717) is 0 Å². The molecule has 0 saturated carbocycles. The molecule has 0 unspecified atom stereocenters. The Morgan fingerprint density at radius 2 is 1.85 bits per heavy atom. The maximum Gasteiger partial charge on any atom is 0.0898 e. The Balaban J connectivity index is 2.67. The number of hydrogen-bond acceptors (Lipinski definition) is 2. The predicted octanol–water partition coefficient (Wildman–Crippen LogP) is 3.73. The number of thiazole rings is 1. The summed E-state index contributed by atoms with van der Waals surface area (Å²) in [4.78, 5) is 4.40. The third kappa shape index (κ3) is 2.64. The summed E-state index contributed by atoms with van der Waals surface area (Å²) < 4.78 is 0. The van der Waals surface area contributed by atoms with Crippen LogP contribution in [0, 0.1) is 0 Å². The van der Waals surface area contributed by atoms with Gasteiger partial charge in [-0.3, -0.25) is 4.98 Å². The second kappa shape index (κ2) is 4.91. The topological polar surface area (TPSA) is 12.9 Å². The van der Waals surface area contributed by atoms with E-state index in [2.05, 4.69) is 31.1 Å². The van der Waals surface area contributed by atoms with E-state index in [-0.39, 0.29) is 0 Å². The molecule has 1 aromatic heterocycles. The molecule has 0 aliphatic heterocycles. The SMILES string of the molecule is CC[Si](CC)(CC)Cc1nccs1. The first-order valence-corrected chi connectivity index (χ1v) is 8.85. The lowest BCUT2D eigenvalue weighted by molar-refractivity contribution is 1.08. The van der Waals surface area contributed by atoms with E-state index >= 15 is 0 Å². The van der Waals surface area contributed by atoms with Crippen LogP contribution in [0.4, 0.5) is 0 Å². The summed E-state index contributed by atoms with van der Waals surface area (Å²) in [7, 11) is -0.974. The van der Waals surface area contributed by atoms with Crippen LogP contribution in [0.1, 0.15) is 25.8 Å². The van der Waals surface area contributed by atoms with Crippen LogP contribution in [0.3, 0.4) is 0 Å². The number of rotatable bonds is 5. The van der Waals surface area contributed by atoms with Crippen molar-refractivity contribution in [3.8, 4) is 0 Å². The van der Waals surface area contributed by atoms with Crippen LogP contribution < -0.4 is 0 Å². The largest absolute Gasteiger partial charge is 0.250 e. The zero-order valence-corrected chi connectivity index (χ0v) is 10.7. The normalized spacial score (nSPS) is 11.9. The van der Waals surface area contributed by atoms with Crippen molar-refractivity contribution in [3.63, 3.8) is 0 Å². The highest BCUT2D eigenvalue weighted by atomic mass is 32.1. The second-order valence-corrected chi connectivity index (χ2v) is 10.1. The summed E-state index contributed by atoms with van der Waals surface area (Å²) in [5, 5.41) is 3.45. The molecule has 1 heterocycles. The van der Waals surface area contributed by atoms with Crippen molar-refractivity contribution < 1.29 is 0 Å². The third-order valence-corrected chi connectivity index (χ3v) is 9.88. The summed E-state index contributed by atoms with van der Waals surface area (Å²) >= 11 is 1.82. The fourth-order valence-corrected chi connectivity index (χ4v) is 6.42. The van der Waals surface area contributed by atoms with Crippen molar-refractivity contribution in [1.82, 2.24) is 4.98 Å². The van der Waals surface area contributed by atoms with E-state index in [4.69, 9.17) is 0 Å². The molecule has 1 nitrogen and oxygen atoms in total. The van der Waals surface area contributed by atoms with Gasteiger partial charge in [0.15, 0.2) is 0 Å². The highest BCUT2D eigenvalue weighted by Gasteiger charge is 2.27.